The van der Waals surface area contributed by atoms with Gasteiger partial charge in [0.25, 0.3) is 0 Å². The first-order valence-corrected chi connectivity index (χ1v) is 9.39. The van der Waals surface area contributed by atoms with E-state index in [4.69, 9.17) is 11.6 Å². The minimum absolute atomic E-state index is 0.0192. The molecule has 0 atom stereocenters. The Morgan fingerprint density at radius 3 is 2.81 bits per heavy atom. The Balaban J connectivity index is 1.34. The fraction of sp³-hybridized carbons (Fsp3) is 0.300. The maximum Gasteiger partial charge on any atom is 0.223 e. The molecule has 1 aliphatic rings. The van der Waals surface area contributed by atoms with E-state index in [9.17, 15) is 9.18 Å². The van der Waals surface area contributed by atoms with Gasteiger partial charge in [-0.2, -0.15) is 0 Å². The predicted molar refractivity (Wildman–Crippen MR) is 104 cm³/mol. The maximum absolute atomic E-state index is 13.7. The number of halogens is 2. The Kier molecular flexibility index (Phi) is 4.99. The fourth-order valence-corrected chi connectivity index (χ4v) is 3.61. The van der Waals surface area contributed by atoms with Gasteiger partial charge in [0, 0.05) is 36.1 Å². The van der Waals surface area contributed by atoms with E-state index < -0.39 is 0 Å². The molecule has 27 heavy (non-hydrogen) atoms. The highest BCUT2D eigenvalue weighted by atomic mass is 35.5. The van der Waals surface area contributed by atoms with Crippen LogP contribution in [0.25, 0.3) is 11.0 Å². The number of imidazole rings is 1. The number of nitrogens with zero attached hydrogens (tertiary/aromatic N) is 2. The van der Waals surface area contributed by atoms with Crippen molar-refractivity contribution in [3.63, 3.8) is 0 Å². The summed E-state index contributed by atoms with van der Waals surface area (Å²) < 4.78 is 13.7. The Bertz CT molecular complexity index is 966. The number of H-pyrrole nitrogens is 1. The Morgan fingerprint density at radius 1 is 1.26 bits per heavy atom. The number of nitrogens with one attached hydrogen (secondary N) is 2. The summed E-state index contributed by atoms with van der Waals surface area (Å²) in [4.78, 5) is 22.5. The largest absolute Gasteiger partial charge is 0.352 e. The van der Waals surface area contributed by atoms with Crippen LogP contribution in [0.3, 0.4) is 0 Å². The monoisotopic (exact) mass is 386 g/mol. The maximum atomic E-state index is 13.7. The zero-order chi connectivity index (χ0) is 18.8. The van der Waals surface area contributed by atoms with Crippen LogP contribution in [-0.4, -0.2) is 29.0 Å². The van der Waals surface area contributed by atoms with Gasteiger partial charge in [0.05, 0.1) is 11.0 Å². The number of piperidine rings is 1. The average Bonchev–Trinajstić information content (AvgIpc) is 3.10. The molecule has 2 heterocycles. The lowest BCUT2D eigenvalue weighted by molar-refractivity contribution is -0.125. The fourth-order valence-electron chi connectivity index (χ4n) is 3.44. The van der Waals surface area contributed by atoms with Crippen LogP contribution >= 0.6 is 11.6 Å². The molecule has 3 aromatic rings. The number of aromatic nitrogens is 2. The summed E-state index contributed by atoms with van der Waals surface area (Å²) in [5.41, 5.74) is 2.28. The highest BCUT2D eigenvalue weighted by Crippen LogP contribution is 2.25. The van der Waals surface area contributed by atoms with E-state index in [1.807, 2.05) is 18.2 Å². The van der Waals surface area contributed by atoms with Gasteiger partial charge in [-0.25, -0.2) is 9.37 Å². The first kappa shape index (κ1) is 17.8. The molecule has 5 nitrogen and oxygen atoms in total. The molecule has 4 rings (SSSR count). The van der Waals surface area contributed by atoms with Crippen molar-refractivity contribution < 1.29 is 9.18 Å². The molecule has 140 valence electrons. The number of rotatable bonds is 4. The van der Waals surface area contributed by atoms with E-state index in [1.165, 1.54) is 6.07 Å². The Labute approximate surface area is 161 Å². The third-order valence-corrected chi connectivity index (χ3v) is 5.24. The summed E-state index contributed by atoms with van der Waals surface area (Å²) in [7, 11) is 0. The van der Waals surface area contributed by atoms with Crippen molar-refractivity contribution in [3.05, 3.63) is 58.9 Å². The van der Waals surface area contributed by atoms with Crippen molar-refractivity contribution in [1.82, 2.24) is 15.3 Å². The molecule has 0 bridgehead atoms. The summed E-state index contributed by atoms with van der Waals surface area (Å²) in [6.07, 6.45) is 1.47. The van der Waals surface area contributed by atoms with Crippen LogP contribution in [0.2, 0.25) is 5.02 Å². The molecule has 1 aliphatic heterocycles. The molecular formula is C20H20ClFN4O. The molecule has 7 heteroatoms. The summed E-state index contributed by atoms with van der Waals surface area (Å²) in [5.74, 6) is 0.427. The topological polar surface area (TPSA) is 61.0 Å². The van der Waals surface area contributed by atoms with Gasteiger partial charge in [0.15, 0.2) is 0 Å². The van der Waals surface area contributed by atoms with Crippen LogP contribution in [0.1, 0.15) is 18.4 Å². The summed E-state index contributed by atoms with van der Waals surface area (Å²) in [6.45, 7) is 1.70. The predicted octanol–water partition coefficient (Wildman–Crippen LogP) is 3.89. The van der Waals surface area contributed by atoms with Crippen LogP contribution < -0.4 is 10.2 Å². The number of amides is 1. The smallest absolute Gasteiger partial charge is 0.223 e. The average molecular weight is 387 g/mol. The van der Waals surface area contributed by atoms with Crippen LogP contribution in [0.4, 0.5) is 10.3 Å². The number of carbonyl (C=O) groups excluding carboxylic acids is 1. The molecule has 0 saturated carbocycles. The lowest BCUT2D eigenvalue weighted by Gasteiger charge is -2.31. The summed E-state index contributed by atoms with van der Waals surface area (Å²) >= 11 is 6.02. The quantitative estimate of drug-likeness (QED) is 0.715. The van der Waals surface area contributed by atoms with Crippen molar-refractivity contribution in [2.75, 3.05) is 18.0 Å². The van der Waals surface area contributed by atoms with E-state index in [-0.39, 0.29) is 24.2 Å². The van der Waals surface area contributed by atoms with E-state index in [1.54, 1.807) is 18.2 Å². The van der Waals surface area contributed by atoms with Gasteiger partial charge in [-0.15, -0.1) is 0 Å². The van der Waals surface area contributed by atoms with Crippen molar-refractivity contribution in [2.45, 2.75) is 19.4 Å². The minimum atomic E-state index is -0.294. The van der Waals surface area contributed by atoms with E-state index in [0.29, 0.717) is 10.6 Å². The van der Waals surface area contributed by atoms with Gasteiger partial charge in [-0.05, 0) is 37.1 Å². The van der Waals surface area contributed by atoms with E-state index in [2.05, 4.69) is 20.2 Å². The summed E-state index contributed by atoms with van der Waals surface area (Å²) in [6, 6.07) is 12.1. The lowest BCUT2D eigenvalue weighted by atomic mass is 9.96. The molecule has 0 unspecified atom stereocenters. The van der Waals surface area contributed by atoms with Gasteiger partial charge in [-0.3, -0.25) is 4.79 Å². The van der Waals surface area contributed by atoms with Crippen molar-refractivity contribution >= 4 is 34.5 Å². The van der Waals surface area contributed by atoms with Gasteiger partial charge in [0.1, 0.15) is 5.82 Å². The minimum Gasteiger partial charge on any atom is -0.352 e. The second-order valence-corrected chi connectivity index (χ2v) is 7.23. The molecule has 1 aromatic heterocycles. The first-order chi connectivity index (χ1) is 13.1. The molecule has 1 saturated heterocycles. The zero-order valence-corrected chi connectivity index (χ0v) is 15.5. The molecule has 1 fully saturated rings. The van der Waals surface area contributed by atoms with E-state index >= 15 is 0 Å². The number of aromatic amines is 1. The second-order valence-electron chi connectivity index (χ2n) is 6.79. The SMILES string of the molecule is O=C(NCc1ccccc1F)C1CCN(c2nc3ccc(Cl)cc3[nH]2)CC1. The molecule has 0 aliphatic carbocycles. The van der Waals surface area contributed by atoms with Gasteiger partial charge in [-0.1, -0.05) is 29.8 Å². The van der Waals surface area contributed by atoms with Crippen LogP contribution in [0.15, 0.2) is 42.5 Å². The van der Waals surface area contributed by atoms with E-state index in [0.717, 1.165) is 42.9 Å². The molecule has 2 aromatic carbocycles. The number of hydrogen-bond acceptors (Lipinski definition) is 3. The molecule has 1 amide bonds. The van der Waals surface area contributed by atoms with Gasteiger partial charge < -0.3 is 15.2 Å². The second kappa shape index (κ2) is 7.56. The summed E-state index contributed by atoms with van der Waals surface area (Å²) in [5, 5.41) is 3.53. The Hall–Kier alpha value is -2.60. The molecule has 0 radical (unpaired) electrons. The molecule has 0 spiro atoms. The van der Waals surface area contributed by atoms with Crippen LogP contribution in [-0.2, 0) is 11.3 Å². The normalized spacial score (nSPS) is 15.3. The van der Waals surface area contributed by atoms with Crippen molar-refractivity contribution in [3.8, 4) is 0 Å². The number of carbonyl (C=O) groups is 1. The van der Waals surface area contributed by atoms with Gasteiger partial charge >= 0.3 is 0 Å². The third-order valence-electron chi connectivity index (χ3n) is 5.01. The Morgan fingerprint density at radius 2 is 2.04 bits per heavy atom. The number of benzene rings is 2. The van der Waals surface area contributed by atoms with Crippen molar-refractivity contribution in [1.29, 1.82) is 0 Å². The number of hydrogen-bond donors (Lipinski definition) is 2. The van der Waals surface area contributed by atoms with Crippen molar-refractivity contribution in [2.24, 2.45) is 5.92 Å². The first-order valence-electron chi connectivity index (χ1n) is 9.01. The molecule has 2 N–H and O–H groups in total. The van der Waals surface area contributed by atoms with Crippen LogP contribution in [0.5, 0.6) is 0 Å². The number of anilines is 1. The molecular weight excluding hydrogens is 367 g/mol. The third kappa shape index (κ3) is 3.90. The standard InChI is InChI=1S/C20H20ClFN4O/c21-15-5-6-17-18(11-15)25-20(24-17)26-9-7-13(8-10-26)19(27)23-12-14-3-1-2-4-16(14)22/h1-6,11,13H,7-10,12H2,(H,23,27)(H,24,25). The highest BCUT2D eigenvalue weighted by Gasteiger charge is 2.26. The highest BCUT2D eigenvalue weighted by molar-refractivity contribution is 6.31. The van der Waals surface area contributed by atoms with Gasteiger partial charge in [0.2, 0.25) is 11.9 Å². The number of fused-ring (bicyclic) bond motifs is 1. The lowest BCUT2D eigenvalue weighted by Crippen LogP contribution is -2.40. The zero-order valence-electron chi connectivity index (χ0n) is 14.7. The van der Waals surface area contributed by atoms with Crippen LogP contribution in [0, 0.1) is 11.7 Å².